The van der Waals surface area contributed by atoms with Gasteiger partial charge in [0, 0.05) is 24.5 Å². The smallest absolute Gasteiger partial charge is 0.273 e. The van der Waals surface area contributed by atoms with E-state index in [1.807, 2.05) is 63.2 Å². The monoisotopic (exact) mass is 469 g/mol. The molecule has 1 aromatic heterocycles. The van der Waals surface area contributed by atoms with Crippen molar-refractivity contribution in [3.63, 3.8) is 0 Å². The van der Waals surface area contributed by atoms with Gasteiger partial charge in [0.1, 0.15) is 11.5 Å². The second-order valence-electron chi connectivity index (χ2n) is 10.2. The number of hydrogen-bond acceptors (Lipinski definition) is 5. The lowest BCUT2D eigenvalue weighted by atomic mass is 9.80. The minimum atomic E-state index is -0.393. The Morgan fingerprint density at radius 2 is 1.69 bits per heavy atom. The van der Waals surface area contributed by atoms with Crippen LogP contribution in [0, 0.1) is 11.2 Å². The quantitative estimate of drug-likeness (QED) is 0.429. The molecule has 2 heterocycles. The van der Waals surface area contributed by atoms with E-state index < -0.39 is 6.04 Å². The highest BCUT2D eigenvalue weighted by Crippen LogP contribution is 2.38. The van der Waals surface area contributed by atoms with E-state index in [1.54, 1.807) is 11.0 Å². The minimum Gasteiger partial charge on any atom is -0.368 e. The number of amides is 1. The van der Waals surface area contributed by atoms with Crippen molar-refractivity contribution < 1.29 is 9.18 Å². The van der Waals surface area contributed by atoms with Crippen LogP contribution in [0.4, 0.5) is 10.3 Å². The zero-order valence-corrected chi connectivity index (χ0v) is 20.0. The van der Waals surface area contributed by atoms with Crippen molar-refractivity contribution in [3.8, 4) is 11.1 Å². The number of nitrogen functional groups attached to an aromatic ring is 1. The first kappa shape index (κ1) is 22.9. The van der Waals surface area contributed by atoms with Crippen molar-refractivity contribution in [3.05, 3.63) is 88.9 Å². The van der Waals surface area contributed by atoms with Gasteiger partial charge in [0.15, 0.2) is 0 Å². The van der Waals surface area contributed by atoms with Crippen LogP contribution in [0.15, 0.2) is 60.7 Å². The zero-order chi connectivity index (χ0) is 24.9. The van der Waals surface area contributed by atoms with Crippen molar-refractivity contribution in [1.29, 1.82) is 0 Å². The molecule has 3 aromatic carbocycles. The van der Waals surface area contributed by atoms with Crippen LogP contribution in [-0.4, -0.2) is 20.8 Å². The molecule has 1 amide bonds. The standard InChI is InChI=1S/C28H28FN5O/c1-28(2,3)25(30)21-13-19(29)9-10-20(21)16-8-11-23-22(12-16)24(33-27(31)32-23)26(35)34-14-17-6-4-5-7-18(17)15-34/h4-13,25H,14-15,30H2,1-3H3,(H2,31,32,33). The van der Waals surface area contributed by atoms with Crippen LogP contribution in [0.1, 0.15) is 54.0 Å². The van der Waals surface area contributed by atoms with Crippen LogP contribution in [0.25, 0.3) is 22.0 Å². The second-order valence-corrected chi connectivity index (χ2v) is 10.2. The fourth-order valence-electron chi connectivity index (χ4n) is 4.62. The van der Waals surface area contributed by atoms with Gasteiger partial charge in [-0.1, -0.05) is 57.2 Å². The molecule has 0 radical (unpaired) electrons. The summed E-state index contributed by atoms with van der Waals surface area (Å²) in [7, 11) is 0. The molecule has 0 aliphatic carbocycles. The Kier molecular flexibility index (Phi) is 5.52. The number of anilines is 1. The summed E-state index contributed by atoms with van der Waals surface area (Å²) in [5, 5.41) is 0.595. The number of halogens is 1. The number of hydrogen-bond donors (Lipinski definition) is 2. The highest BCUT2D eigenvalue weighted by atomic mass is 19.1. The number of rotatable bonds is 3. The van der Waals surface area contributed by atoms with Crippen molar-refractivity contribution in [2.45, 2.75) is 39.9 Å². The summed E-state index contributed by atoms with van der Waals surface area (Å²) in [6, 6.07) is 17.8. The van der Waals surface area contributed by atoms with E-state index in [2.05, 4.69) is 9.97 Å². The minimum absolute atomic E-state index is 0.0440. The van der Waals surface area contributed by atoms with E-state index in [9.17, 15) is 9.18 Å². The number of carbonyl (C=O) groups excluding carboxylic acids is 1. The maximum absolute atomic E-state index is 14.2. The zero-order valence-electron chi connectivity index (χ0n) is 20.0. The number of aromatic nitrogens is 2. The third-order valence-electron chi connectivity index (χ3n) is 6.64. The summed E-state index contributed by atoms with van der Waals surface area (Å²) in [5.41, 5.74) is 17.6. The third-order valence-corrected chi connectivity index (χ3v) is 6.64. The lowest BCUT2D eigenvalue weighted by molar-refractivity contribution is 0.0747. The summed E-state index contributed by atoms with van der Waals surface area (Å²) in [6.45, 7) is 7.10. The first-order valence-corrected chi connectivity index (χ1v) is 11.6. The lowest BCUT2D eigenvalue weighted by Gasteiger charge is -2.29. The molecule has 1 atom stereocenters. The molecule has 35 heavy (non-hydrogen) atoms. The van der Waals surface area contributed by atoms with Crippen molar-refractivity contribution in [2.24, 2.45) is 11.1 Å². The second kappa shape index (κ2) is 8.43. The first-order valence-electron chi connectivity index (χ1n) is 11.6. The topological polar surface area (TPSA) is 98.1 Å². The molecular formula is C28H28FN5O. The van der Waals surface area contributed by atoms with E-state index in [1.165, 1.54) is 12.1 Å². The Balaban J connectivity index is 1.61. The number of fused-ring (bicyclic) bond motifs is 2. The first-order chi connectivity index (χ1) is 16.6. The van der Waals surface area contributed by atoms with Gasteiger partial charge in [-0.05, 0) is 57.5 Å². The Bertz CT molecular complexity index is 1430. The van der Waals surface area contributed by atoms with Crippen LogP contribution in [0.5, 0.6) is 0 Å². The van der Waals surface area contributed by atoms with E-state index in [0.29, 0.717) is 29.6 Å². The fourth-order valence-corrected chi connectivity index (χ4v) is 4.62. The summed E-state index contributed by atoms with van der Waals surface area (Å²) >= 11 is 0. The Hall–Kier alpha value is -3.84. The molecule has 0 saturated heterocycles. The maximum Gasteiger partial charge on any atom is 0.273 e. The molecule has 178 valence electrons. The van der Waals surface area contributed by atoms with Crippen molar-refractivity contribution in [1.82, 2.24) is 14.9 Å². The largest absolute Gasteiger partial charge is 0.368 e. The molecule has 0 spiro atoms. The van der Waals surface area contributed by atoms with Gasteiger partial charge in [0.2, 0.25) is 5.95 Å². The number of carbonyl (C=O) groups is 1. The van der Waals surface area contributed by atoms with Crippen LogP contribution in [0.2, 0.25) is 0 Å². The normalized spacial score (nSPS) is 14.3. The van der Waals surface area contributed by atoms with Gasteiger partial charge >= 0.3 is 0 Å². The summed E-state index contributed by atoms with van der Waals surface area (Å²) in [5.74, 6) is -0.504. The third kappa shape index (κ3) is 4.23. The van der Waals surface area contributed by atoms with Gasteiger partial charge in [0.25, 0.3) is 5.91 Å². The average Bonchev–Trinajstić information content (AvgIpc) is 3.26. The van der Waals surface area contributed by atoms with E-state index in [4.69, 9.17) is 11.5 Å². The Labute approximate surface area is 203 Å². The number of nitrogens with two attached hydrogens (primary N) is 2. The van der Waals surface area contributed by atoms with Crippen molar-refractivity contribution >= 4 is 22.8 Å². The molecule has 0 saturated carbocycles. The molecule has 4 aromatic rings. The van der Waals surface area contributed by atoms with E-state index >= 15 is 0 Å². The van der Waals surface area contributed by atoms with Gasteiger partial charge in [0.05, 0.1) is 5.52 Å². The molecule has 0 fully saturated rings. The molecule has 6 nitrogen and oxygen atoms in total. The Morgan fingerprint density at radius 1 is 1.00 bits per heavy atom. The van der Waals surface area contributed by atoms with Crippen LogP contribution in [0.3, 0.4) is 0 Å². The highest BCUT2D eigenvalue weighted by Gasteiger charge is 2.28. The molecule has 1 aliphatic rings. The molecule has 5 rings (SSSR count). The molecular weight excluding hydrogens is 441 g/mol. The maximum atomic E-state index is 14.2. The molecule has 0 bridgehead atoms. The van der Waals surface area contributed by atoms with Gasteiger partial charge in [-0.2, -0.15) is 0 Å². The number of benzene rings is 3. The van der Waals surface area contributed by atoms with Gasteiger partial charge in [-0.15, -0.1) is 0 Å². The Morgan fingerprint density at radius 3 is 2.34 bits per heavy atom. The predicted molar refractivity (Wildman–Crippen MR) is 136 cm³/mol. The number of nitrogens with zero attached hydrogens (tertiary/aromatic N) is 3. The average molecular weight is 470 g/mol. The SMILES string of the molecule is CC(C)(C)C(N)c1cc(F)ccc1-c1ccc2nc(N)nc(C(=O)N3Cc4ccccc4C3)c2c1. The lowest BCUT2D eigenvalue weighted by Crippen LogP contribution is -2.27. The van der Waals surface area contributed by atoms with Crippen molar-refractivity contribution in [2.75, 3.05) is 5.73 Å². The van der Waals surface area contributed by atoms with Crippen LogP contribution < -0.4 is 11.5 Å². The van der Waals surface area contributed by atoms with E-state index in [-0.39, 0.29) is 28.8 Å². The highest BCUT2D eigenvalue weighted by molar-refractivity contribution is 6.06. The predicted octanol–water partition coefficient (Wildman–Crippen LogP) is 5.22. The summed E-state index contributed by atoms with van der Waals surface area (Å²) in [4.78, 5) is 24.0. The fraction of sp³-hybridized carbons (Fsp3) is 0.250. The molecule has 1 aliphatic heterocycles. The summed E-state index contributed by atoms with van der Waals surface area (Å²) in [6.07, 6.45) is 0. The summed E-state index contributed by atoms with van der Waals surface area (Å²) < 4.78 is 14.2. The van der Waals surface area contributed by atoms with E-state index in [0.717, 1.165) is 22.3 Å². The molecule has 7 heteroatoms. The van der Waals surface area contributed by atoms with Gasteiger partial charge < -0.3 is 16.4 Å². The van der Waals surface area contributed by atoms with Crippen LogP contribution in [-0.2, 0) is 13.1 Å². The van der Waals surface area contributed by atoms with Gasteiger partial charge in [-0.3, -0.25) is 4.79 Å². The van der Waals surface area contributed by atoms with Crippen LogP contribution >= 0.6 is 0 Å². The van der Waals surface area contributed by atoms with Gasteiger partial charge in [-0.25, -0.2) is 14.4 Å². The molecule has 1 unspecified atom stereocenters. The molecule has 4 N–H and O–H groups in total.